The molecule has 0 unspecified atom stereocenters. The molecule has 3 heteroatoms. The first-order chi connectivity index (χ1) is 10.5. The van der Waals surface area contributed by atoms with Gasteiger partial charge in [0.1, 0.15) is 0 Å². The largest absolute Gasteiger partial charge is 0.478 e. The molecule has 0 bridgehead atoms. The monoisotopic (exact) mass is 322 g/mol. The SMILES string of the molecule is C/C(=C\CC[C@@]1(C)[C@H](C)CC[C@]2(C)[C@@H]1CCC[C@@]2(C)O)C(=O)O. The van der Waals surface area contributed by atoms with E-state index in [-0.39, 0.29) is 10.8 Å². The number of carboxylic acids is 1. The average molecular weight is 322 g/mol. The maximum absolute atomic E-state index is 11.0. The van der Waals surface area contributed by atoms with Gasteiger partial charge < -0.3 is 10.2 Å². The summed E-state index contributed by atoms with van der Waals surface area (Å²) in [6.07, 6.45) is 9.14. The van der Waals surface area contributed by atoms with Gasteiger partial charge >= 0.3 is 5.97 Å². The average Bonchev–Trinajstić information content (AvgIpc) is 2.45. The van der Waals surface area contributed by atoms with Gasteiger partial charge in [0.25, 0.3) is 0 Å². The van der Waals surface area contributed by atoms with Gasteiger partial charge in [0, 0.05) is 5.57 Å². The highest BCUT2D eigenvalue weighted by Gasteiger charge is 2.59. The van der Waals surface area contributed by atoms with Gasteiger partial charge in [-0.3, -0.25) is 0 Å². The summed E-state index contributed by atoms with van der Waals surface area (Å²) in [5, 5.41) is 20.1. The lowest BCUT2D eigenvalue weighted by Gasteiger charge is -2.63. The van der Waals surface area contributed by atoms with Gasteiger partial charge in [-0.1, -0.05) is 33.3 Å². The van der Waals surface area contributed by atoms with Crippen LogP contribution in [0, 0.1) is 22.7 Å². The van der Waals surface area contributed by atoms with Crippen LogP contribution in [0.2, 0.25) is 0 Å². The maximum atomic E-state index is 11.0. The van der Waals surface area contributed by atoms with E-state index in [1.807, 2.05) is 13.0 Å². The Kier molecular flexibility index (Phi) is 5.02. The Hall–Kier alpha value is -0.830. The summed E-state index contributed by atoms with van der Waals surface area (Å²) in [7, 11) is 0. The zero-order chi connectivity index (χ0) is 17.5. The molecule has 2 rings (SSSR count). The fourth-order valence-corrected chi connectivity index (χ4v) is 5.43. The third-order valence-electron chi connectivity index (χ3n) is 7.65. The van der Waals surface area contributed by atoms with Crippen molar-refractivity contribution in [3.05, 3.63) is 11.6 Å². The second-order valence-electron chi connectivity index (χ2n) is 8.81. The second-order valence-corrected chi connectivity index (χ2v) is 8.81. The smallest absolute Gasteiger partial charge is 0.330 e. The van der Waals surface area contributed by atoms with Crippen LogP contribution >= 0.6 is 0 Å². The summed E-state index contributed by atoms with van der Waals surface area (Å²) in [4.78, 5) is 11.0. The summed E-state index contributed by atoms with van der Waals surface area (Å²) in [6.45, 7) is 10.7. The van der Waals surface area contributed by atoms with Gasteiger partial charge in [0.15, 0.2) is 0 Å². The topological polar surface area (TPSA) is 57.5 Å². The van der Waals surface area contributed by atoms with Crippen LogP contribution < -0.4 is 0 Å². The highest BCUT2D eigenvalue weighted by Crippen LogP contribution is 2.64. The first-order valence-electron chi connectivity index (χ1n) is 9.17. The number of aliphatic hydroxyl groups is 1. The highest BCUT2D eigenvalue weighted by molar-refractivity contribution is 5.85. The molecule has 23 heavy (non-hydrogen) atoms. The van der Waals surface area contributed by atoms with Crippen molar-refractivity contribution < 1.29 is 15.0 Å². The Labute approximate surface area is 141 Å². The third-order valence-corrected chi connectivity index (χ3v) is 7.65. The molecule has 0 aromatic carbocycles. The van der Waals surface area contributed by atoms with Gasteiger partial charge in [-0.15, -0.1) is 0 Å². The van der Waals surface area contributed by atoms with Crippen LogP contribution in [0.25, 0.3) is 0 Å². The molecule has 3 nitrogen and oxygen atoms in total. The van der Waals surface area contributed by atoms with E-state index in [0.29, 0.717) is 17.4 Å². The molecule has 0 aromatic rings. The van der Waals surface area contributed by atoms with Gasteiger partial charge in [0.2, 0.25) is 0 Å². The van der Waals surface area contributed by atoms with E-state index in [2.05, 4.69) is 20.8 Å². The molecule has 2 saturated carbocycles. The molecular formula is C20H34O3. The maximum Gasteiger partial charge on any atom is 0.330 e. The Morgan fingerprint density at radius 2 is 1.87 bits per heavy atom. The van der Waals surface area contributed by atoms with E-state index in [0.717, 1.165) is 38.5 Å². The van der Waals surface area contributed by atoms with Crippen molar-refractivity contribution in [2.24, 2.45) is 22.7 Å². The minimum Gasteiger partial charge on any atom is -0.478 e. The number of carboxylic acid groups (broad SMARTS) is 1. The molecule has 0 amide bonds. The number of aliphatic carboxylic acids is 1. The molecule has 5 atom stereocenters. The van der Waals surface area contributed by atoms with Gasteiger partial charge in [-0.2, -0.15) is 0 Å². The first kappa shape index (κ1) is 18.5. The standard InChI is InChI=1S/C20H34O3/c1-14(17(21)22)8-6-11-18(3)15(2)10-13-19(4)16(18)9-7-12-20(19,5)23/h8,15-16,23H,6-7,9-13H2,1-5H3,(H,21,22)/b14-8+/t15-,16-,18+,19-,20-/m1/s1. The highest BCUT2D eigenvalue weighted by atomic mass is 16.4. The van der Waals surface area contributed by atoms with Gasteiger partial charge in [-0.25, -0.2) is 4.79 Å². The number of rotatable bonds is 4. The van der Waals surface area contributed by atoms with E-state index in [4.69, 9.17) is 5.11 Å². The van der Waals surface area contributed by atoms with E-state index in [9.17, 15) is 9.90 Å². The van der Waals surface area contributed by atoms with Crippen LogP contribution in [0.1, 0.15) is 79.6 Å². The quantitative estimate of drug-likeness (QED) is 0.732. The predicted octanol–water partition coefficient (Wildman–Crippen LogP) is 4.79. The van der Waals surface area contributed by atoms with Crippen LogP contribution in [0.15, 0.2) is 11.6 Å². The van der Waals surface area contributed by atoms with Crippen molar-refractivity contribution in [2.45, 2.75) is 85.2 Å². The van der Waals surface area contributed by atoms with Crippen LogP contribution in [0.4, 0.5) is 0 Å². The van der Waals surface area contributed by atoms with Crippen molar-refractivity contribution >= 4 is 5.97 Å². The fourth-order valence-electron chi connectivity index (χ4n) is 5.43. The Bertz CT molecular complexity index is 493. The molecule has 0 aliphatic heterocycles. The van der Waals surface area contributed by atoms with Crippen molar-refractivity contribution in [2.75, 3.05) is 0 Å². The minimum absolute atomic E-state index is 0.0158. The number of fused-ring (bicyclic) bond motifs is 1. The van der Waals surface area contributed by atoms with Gasteiger partial charge in [0.05, 0.1) is 5.60 Å². The molecule has 0 aromatic heterocycles. The number of carbonyl (C=O) groups is 1. The molecule has 0 saturated heterocycles. The van der Waals surface area contributed by atoms with Crippen molar-refractivity contribution in [1.29, 1.82) is 0 Å². The lowest BCUT2D eigenvalue weighted by Crippen LogP contribution is -2.59. The lowest BCUT2D eigenvalue weighted by atomic mass is 9.43. The van der Waals surface area contributed by atoms with E-state index in [1.165, 1.54) is 6.42 Å². The van der Waals surface area contributed by atoms with Crippen LogP contribution in [-0.4, -0.2) is 21.8 Å². The number of hydrogen-bond acceptors (Lipinski definition) is 2. The Morgan fingerprint density at radius 1 is 1.22 bits per heavy atom. The summed E-state index contributed by atoms with van der Waals surface area (Å²) >= 11 is 0. The third kappa shape index (κ3) is 3.09. The number of hydrogen-bond donors (Lipinski definition) is 2. The number of allylic oxidation sites excluding steroid dienone is 1. The van der Waals surface area contributed by atoms with Crippen molar-refractivity contribution in [3.63, 3.8) is 0 Å². The molecule has 2 aliphatic carbocycles. The second kappa shape index (κ2) is 6.23. The summed E-state index contributed by atoms with van der Waals surface area (Å²) in [6, 6.07) is 0. The van der Waals surface area contributed by atoms with Gasteiger partial charge in [-0.05, 0) is 75.0 Å². The molecule has 2 aliphatic rings. The summed E-state index contributed by atoms with van der Waals surface area (Å²) < 4.78 is 0. The zero-order valence-electron chi connectivity index (χ0n) is 15.5. The van der Waals surface area contributed by atoms with Crippen LogP contribution in [-0.2, 0) is 4.79 Å². The molecular weight excluding hydrogens is 288 g/mol. The molecule has 132 valence electrons. The fraction of sp³-hybridized carbons (Fsp3) is 0.850. The van der Waals surface area contributed by atoms with E-state index in [1.54, 1.807) is 6.92 Å². The van der Waals surface area contributed by atoms with Crippen molar-refractivity contribution in [1.82, 2.24) is 0 Å². The zero-order valence-corrected chi connectivity index (χ0v) is 15.5. The summed E-state index contributed by atoms with van der Waals surface area (Å²) in [5.74, 6) is 0.311. The molecule has 0 radical (unpaired) electrons. The van der Waals surface area contributed by atoms with E-state index >= 15 is 0 Å². The Balaban J connectivity index is 2.24. The molecule has 2 fully saturated rings. The Morgan fingerprint density at radius 3 is 2.48 bits per heavy atom. The van der Waals surface area contributed by atoms with Crippen LogP contribution in [0.5, 0.6) is 0 Å². The molecule has 0 heterocycles. The molecule has 2 N–H and O–H groups in total. The van der Waals surface area contributed by atoms with Crippen molar-refractivity contribution in [3.8, 4) is 0 Å². The molecule has 0 spiro atoms. The predicted molar refractivity (Wildman–Crippen MR) is 93.2 cm³/mol. The lowest BCUT2D eigenvalue weighted by molar-refractivity contribution is -0.192. The summed E-state index contributed by atoms with van der Waals surface area (Å²) in [5.41, 5.74) is 0.0185. The van der Waals surface area contributed by atoms with E-state index < -0.39 is 11.6 Å². The van der Waals surface area contributed by atoms with Crippen LogP contribution in [0.3, 0.4) is 0 Å². The minimum atomic E-state index is -0.822. The first-order valence-corrected chi connectivity index (χ1v) is 9.17. The normalized spacial score (nSPS) is 44.7.